The van der Waals surface area contributed by atoms with Gasteiger partial charge in [-0.3, -0.25) is 4.79 Å². The van der Waals surface area contributed by atoms with Crippen LogP contribution in [-0.2, 0) is 11.3 Å². The topological polar surface area (TPSA) is 69.5 Å². The summed E-state index contributed by atoms with van der Waals surface area (Å²) in [5, 5.41) is 9.77. The quantitative estimate of drug-likeness (QED) is 0.416. The van der Waals surface area contributed by atoms with Crippen molar-refractivity contribution in [3.05, 3.63) is 65.5 Å². The van der Waals surface area contributed by atoms with Crippen LogP contribution >= 0.6 is 11.8 Å². The first-order valence-electron chi connectivity index (χ1n) is 11.8. The minimum atomic E-state index is -0.0117. The number of amides is 1. The Kier molecular flexibility index (Phi) is 6.76. The number of thioether (sulfide) groups is 1. The van der Waals surface area contributed by atoms with E-state index in [1.54, 1.807) is 14.2 Å². The summed E-state index contributed by atoms with van der Waals surface area (Å²) in [6.07, 6.45) is 4.20. The van der Waals surface area contributed by atoms with Gasteiger partial charge in [-0.2, -0.15) is 0 Å². The van der Waals surface area contributed by atoms with E-state index in [0.717, 1.165) is 66.8 Å². The highest BCUT2D eigenvalue weighted by Crippen LogP contribution is 2.41. The first kappa shape index (κ1) is 22.8. The molecule has 1 amide bonds. The molecule has 7 nitrogen and oxygen atoms in total. The van der Waals surface area contributed by atoms with Gasteiger partial charge in [0.25, 0.3) is 0 Å². The third kappa shape index (κ3) is 4.78. The first-order chi connectivity index (χ1) is 16.7. The van der Waals surface area contributed by atoms with Gasteiger partial charge in [0.1, 0.15) is 17.3 Å². The fourth-order valence-electron chi connectivity index (χ4n) is 4.66. The molecular formula is C26H30N4O3S. The van der Waals surface area contributed by atoms with E-state index >= 15 is 0 Å². The molecule has 1 saturated carbocycles. The smallest absolute Gasteiger partial charge is 0.233 e. The van der Waals surface area contributed by atoms with E-state index in [1.807, 2.05) is 41.3 Å². The zero-order valence-electron chi connectivity index (χ0n) is 19.6. The van der Waals surface area contributed by atoms with Crippen molar-refractivity contribution in [3.63, 3.8) is 0 Å². The lowest BCUT2D eigenvalue weighted by molar-refractivity contribution is -0.129. The Balaban J connectivity index is 1.32. The highest BCUT2D eigenvalue weighted by molar-refractivity contribution is 7.99. The van der Waals surface area contributed by atoms with Gasteiger partial charge in [-0.15, -0.1) is 10.2 Å². The molecule has 0 N–H and O–H groups in total. The summed E-state index contributed by atoms with van der Waals surface area (Å²) < 4.78 is 13.2. The molecule has 34 heavy (non-hydrogen) atoms. The largest absolute Gasteiger partial charge is 0.497 e. The van der Waals surface area contributed by atoms with E-state index in [9.17, 15) is 4.79 Å². The number of hydrogen-bond acceptors (Lipinski definition) is 6. The maximum atomic E-state index is 13.4. The Hall–Kier alpha value is -3.00. The van der Waals surface area contributed by atoms with Crippen molar-refractivity contribution in [3.8, 4) is 11.5 Å². The summed E-state index contributed by atoms with van der Waals surface area (Å²) in [7, 11) is 3.32. The molecule has 2 heterocycles. The maximum absolute atomic E-state index is 13.4. The van der Waals surface area contributed by atoms with Gasteiger partial charge >= 0.3 is 0 Å². The molecule has 0 spiro atoms. The highest BCUT2D eigenvalue weighted by Gasteiger charge is 2.33. The van der Waals surface area contributed by atoms with Gasteiger partial charge in [0.2, 0.25) is 5.91 Å². The second-order valence-corrected chi connectivity index (χ2v) is 9.77. The average molecular weight is 479 g/mol. The number of hydrogen-bond donors (Lipinski definition) is 0. The normalized spacial score (nSPS) is 17.7. The Morgan fingerprint density at radius 3 is 2.62 bits per heavy atom. The van der Waals surface area contributed by atoms with Crippen molar-refractivity contribution in [1.29, 1.82) is 0 Å². The maximum Gasteiger partial charge on any atom is 0.233 e. The van der Waals surface area contributed by atoms with Crippen LogP contribution < -0.4 is 9.47 Å². The number of nitrogens with zero attached hydrogens (tertiary/aromatic N) is 4. The lowest BCUT2D eigenvalue weighted by atomic mass is 10.0. The highest BCUT2D eigenvalue weighted by atomic mass is 32.2. The third-order valence-electron chi connectivity index (χ3n) is 6.57. The van der Waals surface area contributed by atoms with Crippen molar-refractivity contribution >= 4 is 17.7 Å². The van der Waals surface area contributed by atoms with Crippen LogP contribution in [0.5, 0.6) is 11.5 Å². The third-order valence-corrected chi connectivity index (χ3v) is 7.52. The number of benzene rings is 2. The predicted octanol–water partition coefficient (Wildman–Crippen LogP) is 4.68. The SMILES string of the molecule is COc1ccc(OC)c(C2CCCN2C(=O)CSc2nnc(C3CC3)n2Cc2ccccc2)c1. The number of likely N-dealkylation sites (tertiary alicyclic amines) is 1. The van der Waals surface area contributed by atoms with Crippen LogP contribution in [0.15, 0.2) is 53.7 Å². The summed E-state index contributed by atoms with van der Waals surface area (Å²) in [6.45, 7) is 1.47. The van der Waals surface area contributed by atoms with Gasteiger partial charge in [0.05, 0.1) is 32.6 Å². The summed E-state index contributed by atoms with van der Waals surface area (Å²) in [4.78, 5) is 15.3. The molecule has 0 bridgehead atoms. The van der Waals surface area contributed by atoms with Gasteiger partial charge < -0.3 is 18.9 Å². The monoisotopic (exact) mass is 478 g/mol. The van der Waals surface area contributed by atoms with E-state index < -0.39 is 0 Å². The average Bonchev–Trinajstić information content (AvgIpc) is 3.46. The van der Waals surface area contributed by atoms with Crippen LogP contribution in [0.4, 0.5) is 0 Å². The number of aromatic nitrogens is 3. The fraction of sp³-hybridized carbons (Fsp3) is 0.423. The molecule has 1 atom stereocenters. The number of methoxy groups -OCH3 is 2. The molecular weight excluding hydrogens is 448 g/mol. The lowest BCUT2D eigenvalue weighted by Gasteiger charge is -2.26. The lowest BCUT2D eigenvalue weighted by Crippen LogP contribution is -2.32. The molecule has 1 aromatic heterocycles. The first-order valence-corrected chi connectivity index (χ1v) is 12.8. The molecule has 1 aliphatic heterocycles. The molecule has 2 aliphatic rings. The zero-order valence-corrected chi connectivity index (χ0v) is 20.5. The molecule has 3 aromatic rings. The number of carbonyl (C=O) groups excluding carboxylic acids is 1. The summed E-state index contributed by atoms with van der Waals surface area (Å²) in [6, 6.07) is 16.1. The molecule has 0 radical (unpaired) electrons. The van der Waals surface area contributed by atoms with Crippen molar-refractivity contribution in [2.45, 2.75) is 49.3 Å². The Morgan fingerprint density at radius 2 is 1.88 bits per heavy atom. The van der Waals surface area contributed by atoms with Gasteiger partial charge in [-0.25, -0.2) is 0 Å². The van der Waals surface area contributed by atoms with Crippen molar-refractivity contribution < 1.29 is 14.3 Å². The van der Waals surface area contributed by atoms with E-state index in [-0.39, 0.29) is 11.9 Å². The second-order valence-electron chi connectivity index (χ2n) is 8.83. The van der Waals surface area contributed by atoms with Crippen LogP contribution in [0.1, 0.15) is 54.6 Å². The molecule has 2 aromatic carbocycles. The van der Waals surface area contributed by atoms with E-state index in [1.165, 1.54) is 17.3 Å². The molecule has 1 aliphatic carbocycles. The van der Waals surface area contributed by atoms with Crippen LogP contribution in [0.25, 0.3) is 0 Å². The minimum absolute atomic E-state index is 0.0117. The Labute approximate surface area is 204 Å². The second kappa shape index (κ2) is 10.1. The molecule has 8 heteroatoms. The van der Waals surface area contributed by atoms with Crippen LogP contribution in [0.3, 0.4) is 0 Å². The van der Waals surface area contributed by atoms with Gasteiger partial charge in [-0.05, 0) is 49.4 Å². The zero-order chi connectivity index (χ0) is 23.5. The molecule has 1 unspecified atom stereocenters. The predicted molar refractivity (Wildman–Crippen MR) is 131 cm³/mol. The van der Waals surface area contributed by atoms with Crippen molar-refractivity contribution in [2.24, 2.45) is 0 Å². The molecule has 5 rings (SSSR count). The summed E-state index contributed by atoms with van der Waals surface area (Å²) in [5.41, 5.74) is 2.21. The van der Waals surface area contributed by atoms with Crippen LogP contribution in [-0.4, -0.2) is 52.1 Å². The molecule has 2 fully saturated rings. The van der Waals surface area contributed by atoms with E-state index in [0.29, 0.717) is 11.7 Å². The molecule has 178 valence electrons. The standard InChI is InChI=1S/C26H30N4O3S/c1-32-20-12-13-23(33-2)21(15-20)22-9-6-14-29(22)24(31)17-34-26-28-27-25(19-10-11-19)30(26)16-18-7-4-3-5-8-18/h3-5,7-8,12-13,15,19,22H,6,9-11,14,16-17H2,1-2H3. The van der Waals surface area contributed by atoms with Crippen molar-refractivity contribution in [1.82, 2.24) is 19.7 Å². The van der Waals surface area contributed by atoms with Crippen LogP contribution in [0, 0.1) is 0 Å². The van der Waals surface area contributed by atoms with Gasteiger partial charge in [0, 0.05) is 18.0 Å². The summed E-state index contributed by atoms with van der Waals surface area (Å²) >= 11 is 1.48. The fourth-order valence-corrected chi connectivity index (χ4v) is 5.49. The number of carbonyl (C=O) groups is 1. The Morgan fingerprint density at radius 1 is 1.06 bits per heavy atom. The summed E-state index contributed by atoms with van der Waals surface area (Å²) in [5.74, 6) is 3.53. The van der Waals surface area contributed by atoms with Gasteiger partial charge in [-0.1, -0.05) is 42.1 Å². The van der Waals surface area contributed by atoms with Crippen molar-refractivity contribution in [2.75, 3.05) is 26.5 Å². The molecule has 1 saturated heterocycles. The number of ether oxygens (including phenoxy) is 2. The number of rotatable bonds is 9. The van der Waals surface area contributed by atoms with Crippen LogP contribution in [0.2, 0.25) is 0 Å². The van der Waals surface area contributed by atoms with E-state index in [4.69, 9.17) is 9.47 Å². The van der Waals surface area contributed by atoms with Gasteiger partial charge in [0.15, 0.2) is 5.16 Å². The Bertz CT molecular complexity index is 1150. The minimum Gasteiger partial charge on any atom is -0.497 e. The van der Waals surface area contributed by atoms with E-state index in [2.05, 4.69) is 26.9 Å².